The quantitative estimate of drug-likeness (QED) is 0.803. The van der Waals surface area contributed by atoms with E-state index in [1.807, 2.05) is 0 Å². The fraction of sp³-hybridized carbons (Fsp3) is 0.600. The highest BCUT2D eigenvalue weighted by Crippen LogP contribution is 2.28. The number of hydrogen-bond acceptors (Lipinski definition) is 2. The molecule has 1 aliphatic rings. The molecule has 2 heteroatoms. The maximum atomic E-state index is 5.77. The normalized spacial score (nSPS) is 23.9. The Kier molecular flexibility index (Phi) is 3.04. The summed E-state index contributed by atoms with van der Waals surface area (Å²) in [5.74, 6) is 0. The molecule has 0 amide bonds. The molecule has 1 atom stereocenters. The first kappa shape index (κ1) is 12.6. The molecular weight excluding hydrogens is 210 g/mol. The molecule has 1 unspecified atom stereocenters. The molecule has 0 aromatic heterocycles. The minimum absolute atomic E-state index is 0.0408. The van der Waals surface area contributed by atoms with Crippen LogP contribution in [0.2, 0.25) is 0 Å². The highest BCUT2D eigenvalue weighted by atomic mass is 16.5. The van der Waals surface area contributed by atoms with Gasteiger partial charge in [-0.2, -0.15) is 0 Å². The van der Waals surface area contributed by atoms with Crippen molar-refractivity contribution in [1.82, 2.24) is 5.32 Å². The Morgan fingerprint density at radius 3 is 2.18 bits per heavy atom. The first-order chi connectivity index (χ1) is 7.78. The fourth-order valence-electron chi connectivity index (χ4n) is 2.07. The molecule has 94 valence electrons. The molecule has 0 spiro atoms. The molecular formula is C15H23NO. The van der Waals surface area contributed by atoms with Crippen molar-refractivity contribution in [2.24, 2.45) is 0 Å². The molecule has 1 saturated heterocycles. The van der Waals surface area contributed by atoms with Gasteiger partial charge in [-0.25, -0.2) is 0 Å². The van der Waals surface area contributed by atoms with E-state index in [1.165, 1.54) is 11.1 Å². The summed E-state index contributed by atoms with van der Waals surface area (Å²) in [6, 6.07) is 8.73. The zero-order valence-electron chi connectivity index (χ0n) is 11.5. The molecule has 0 bridgehead atoms. The number of benzene rings is 1. The van der Waals surface area contributed by atoms with Crippen LogP contribution in [-0.2, 0) is 10.2 Å². The lowest BCUT2D eigenvalue weighted by molar-refractivity contribution is 0.0989. The zero-order valence-corrected chi connectivity index (χ0v) is 11.5. The SMILES string of the molecule is CC1(C)COC(c2ccc(C(C)(C)C)cc2)N1. The minimum Gasteiger partial charge on any atom is -0.357 e. The van der Waals surface area contributed by atoms with Gasteiger partial charge in [-0.3, -0.25) is 5.32 Å². The van der Waals surface area contributed by atoms with Gasteiger partial charge in [0.25, 0.3) is 0 Å². The highest BCUT2D eigenvalue weighted by Gasteiger charge is 2.31. The second-order valence-electron chi connectivity index (χ2n) is 6.59. The fourth-order valence-corrected chi connectivity index (χ4v) is 2.07. The molecule has 0 radical (unpaired) electrons. The van der Waals surface area contributed by atoms with Gasteiger partial charge >= 0.3 is 0 Å². The van der Waals surface area contributed by atoms with Crippen LogP contribution in [-0.4, -0.2) is 12.1 Å². The molecule has 1 aromatic rings. The molecule has 1 fully saturated rings. The average Bonchev–Trinajstić information content (AvgIpc) is 2.58. The van der Waals surface area contributed by atoms with Gasteiger partial charge in [0, 0.05) is 5.54 Å². The van der Waals surface area contributed by atoms with Gasteiger partial charge in [0.2, 0.25) is 0 Å². The topological polar surface area (TPSA) is 21.3 Å². The minimum atomic E-state index is 0.0408. The second-order valence-corrected chi connectivity index (χ2v) is 6.59. The first-order valence-corrected chi connectivity index (χ1v) is 6.28. The van der Waals surface area contributed by atoms with Gasteiger partial charge in [-0.05, 0) is 30.4 Å². The lowest BCUT2D eigenvalue weighted by atomic mass is 9.86. The van der Waals surface area contributed by atoms with E-state index in [-0.39, 0.29) is 17.2 Å². The number of ether oxygens (including phenoxy) is 1. The Labute approximate surface area is 104 Å². The predicted molar refractivity (Wildman–Crippen MR) is 71.0 cm³/mol. The first-order valence-electron chi connectivity index (χ1n) is 6.28. The molecule has 1 heterocycles. The van der Waals surface area contributed by atoms with Gasteiger partial charge in [0.1, 0.15) is 6.23 Å². The molecule has 17 heavy (non-hydrogen) atoms. The van der Waals surface area contributed by atoms with Crippen LogP contribution in [0.4, 0.5) is 0 Å². The molecule has 0 aliphatic carbocycles. The predicted octanol–water partition coefficient (Wildman–Crippen LogP) is 3.38. The van der Waals surface area contributed by atoms with Gasteiger partial charge in [-0.15, -0.1) is 0 Å². The third kappa shape index (κ3) is 2.88. The number of nitrogens with one attached hydrogen (secondary N) is 1. The van der Waals surface area contributed by atoms with Crippen LogP contribution >= 0.6 is 0 Å². The highest BCUT2D eigenvalue weighted by molar-refractivity contribution is 5.29. The van der Waals surface area contributed by atoms with Gasteiger partial charge in [0.15, 0.2) is 0 Å². The molecule has 2 rings (SSSR count). The van der Waals surface area contributed by atoms with Gasteiger partial charge < -0.3 is 4.74 Å². The van der Waals surface area contributed by atoms with Crippen molar-refractivity contribution >= 4 is 0 Å². The second kappa shape index (κ2) is 4.11. The smallest absolute Gasteiger partial charge is 0.134 e. The summed E-state index contributed by atoms with van der Waals surface area (Å²) >= 11 is 0. The summed E-state index contributed by atoms with van der Waals surface area (Å²) in [6.07, 6.45) is 0.0408. The Hall–Kier alpha value is -0.860. The molecule has 1 N–H and O–H groups in total. The molecule has 1 aromatic carbocycles. The van der Waals surface area contributed by atoms with Crippen molar-refractivity contribution in [2.75, 3.05) is 6.61 Å². The van der Waals surface area contributed by atoms with Crippen LogP contribution in [0.3, 0.4) is 0 Å². The Morgan fingerprint density at radius 1 is 1.18 bits per heavy atom. The van der Waals surface area contributed by atoms with Crippen molar-refractivity contribution in [2.45, 2.75) is 51.8 Å². The van der Waals surface area contributed by atoms with Crippen LogP contribution in [0.15, 0.2) is 24.3 Å². The van der Waals surface area contributed by atoms with E-state index in [0.29, 0.717) is 0 Å². The van der Waals surface area contributed by atoms with E-state index in [0.717, 1.165) is 6.61 Å². The van der Waals surface area contributed by atoms with Crippen LogP contribution in [0, 0.1) is 0 Å². The molecule has 0 saturated carbocycles. The van der Waals surface area contributed by atoms with Crippen molar-refractivity contribution < 1.29 is 4.74 Å². The number of hydrogen-bond donors (Lipinski definition) is 1. The Bertz CT molecular complexity index is 386. The standard InChI is InChI=1S/C15H23NO/c1-14(2,3)12-8-6-11(7-9-12)13-16-15(4,5)10-17-13/h6-9,13,16H,10H2,1-5H3. The lowest BCUT2D eigenvalue weighted by Gasteiger charge is -2.21. The zero-order chi connectivity index (χ0) is 12.7. The maximum Gasteiger partial charge on any atom is 0.134 e. The van der Waals surface area contributed by atoms with Crippen molar-refractivity contribution in [3.8, 4) is 0 Å². The van der Waals surface area contributed by atoms with E-state index >= 15 is 0 Å². The third-order valence-corrected chi connectivity index (χ3v) is 3.21. The summed E-state index contributed by atoms with van der Waals surface area (Å²) in [5, 5.41) is 3.48. The van der Waals surface area contributed by atoms with Crippen LogP contribution in [0.25, 0.3) is 0 Å². The van der Waals surface area contributed by atoms with E-state index in [1.54, 1.807) is 0 Å². The Morgan fingerprint density at radius 2 is 1.76 bits per heavy atom. The van der Waals surface area contributed by atoms with Crippen molar-refractivity contribution in [3.63, 3.8) is 0 Å². The number of rotatable bonds is 1. The van der Waals surface area contributed by atoms with Crippen LogP contribution in [0.1, 0.15) is 52.0 Å². The average molecular weight is 233 g/mol. The summed E-state index contributed by atoms with van der Waals surface area (Å²) in [7, 11) is 0. The molecule has 1 aliphatic heterocycles. The Balaban J connectivity index is 2.14. The lowest BCUT2D eigenvalue weighted by Crippen LogP contribution is -2.35. The summed E-state index contributed by atoms with van der Waals surface area (Å²) in [6.45, 7) is 11.8. The third-order valence-electron chi connectivity index (χ3n) is 3.21. The van der Waals surface area contributed by atoms with Crippen LogP contribution in [0.5, 0.6) is 0 Å². The summed E-state index contributed by atoms with van der Waals surface area (Å²) < 4.78 is 5.77. The van der Waals surface area contributed by atoms with Gasteiger partial charge in [0.05, 0.1) is 6.61 Å². The van der Waals surface area contributed by atoms with E-state index in [2.05, 4.69) is 64.2 Å². The van der Waals surface area contributed by atoms with Crippen molar-refractivity contribution in [1.29, 1.82) is 0 Å². The van der Waals surface area contributed by atoms with Crippen molar-refractivity contribution in [3.05, 3.63) is 35.4 Å². The van der Waals surface area contributed by atoms with E-state index < -0.39 is 0 Å². The molecule has 2 nitrogen and oxygen atoms in total. The summed E-state index contributed by atoms with van der Waals surface area (Å²) in [5.41, 5.74) is 2.86. The maximum absolute atomic E-state index is 5.77. The largest absolute Gasteiger partial charge is 0.357 e. The van der Waals surface area contributed by atoms with Crippen LogP contribution < -0.4 is 5.32 Å². The van der Waals surface area contributed by atoms with Gasteiger partial charge in [-0.1, -0.05) is 45.0 Å². The van der Waals surface area contributed by atoms with E-state index in [9.17, 15) is 0 Å². The summed E-state index contributed by atoms with van der Waals surface area (Å²) in [4.78, 5) is 0. The monoisotopic (exact) mass is 233 g/mol. The van der Waals surface area contributed by atoms with E-state index in [4.69, 9.17) is 4.74 Å².